The van der Waals surface area contributed by atoms with E-state index in [1.165, 1.54) is 32.1 Å². The Bertz CT molecular complexity index is 446. The predicted octanol–water partition coefficient (Wildman–Crippen LogP) is 0.892. The molecule has 0 saturated carbocycles. The van der Waals surface area contributed by atoms with Gasteiger partial charge in [0.1, 0.15) is 30.5 Å². The lowest BCUT2D eigenvalue weighted by molar-refractivity contribution is -0.305. The molecule has 1 aliphatic heterocycles. The van der Waals surface area contributed by atoms with Gasteiger partial charge in [0, 0.05) is 13.0 Å². The van der Waals surface area contributed by atoms with Crippen LogP contribution >= 0.6 is 0 Å². The van der Waals surface area contributed by atoms with Gasteiger partial charge >= 0.3 is 5.97 Å². The van der Waals surface area contributed by atoms with Crippen molar-refractivity contribution >= 4 is 5.97 Å². The van der Waals surface area contributed by atoms with Crippen molar-refractivity contribution in [2.45, 2.75) is 102 Å². The molecule has 1 heterocycles. The highest BCUT2D eigenvalue weighted by Crippen LogP contribution is 2.22. The molecule has 1 aliphatic rings. The minimum Gasteiger partial charge on any atom is -0.457 e. The fourth-order valence-corrected chi connectivity index (χ4v) is 3.17. The van der Waals surface area contributed by atoms with Crippen LogP contribution < -0.4 is 0 Å². The SMILES string of the molecule is CCCCCCCCCOCC(COC1OC(CO)C(O)C(O)C1O)OC(=O)CC. The van der Waals surface area contributed by atoms with Crippen LogP contribution in [0.4, 0.5) is 0 Å². The van der Waals surface area contributed by atoms with Gasteiger partial charge in [0.2, 0.25) is 0 Å². The van der Waals surface area contributed by atoms with Gasteiger partial charge in [-0.15, -0.1) is 0 Å². The van der Waals surface area contributed by atoms with Crippen molar-refractivity contribution in [1.82, 2.24) is 0 Å². The predicted molar refractivity (Wildman–Crippen MR) is 109 cm³/mol. The van der Waals surface area contributed by atoms with E-state index >= 15 is 0 Å². The summed E-state index contributed by atoms with van der Waals surface area (Å²) in [5, 5.41) is 38.9. The Kier molecular flexibility index (Phi) is 14.4. The number of aliphatic hydroxyl groups excluding tert-OH is 4. The maximum atomic E-state index is 11.7. The van der Waals surface area contributed by atoms with Gasteiger partial charge in [-0.05, 0) is 6.42 Å². The summed E-state index contributed by atoms with van der Waals surface area (Å²) in [6, 6.07) is 0. The topological polar surface area (TPSA) is 135 Å². The first-order valence-electron chi connectivity index (χ1n) is 11.1. The number of hydrogen-bond acceptors (Lipinski definition) is 9. The molecule has 1 fully saturated rings. The Labute approximate surface area is 179 Å². The molecular weight excluding hydrogens is 396 g/mol. The smallest absolute Gasteiger partial charge is 0.305 e. The number of carbonyl (C=O) groups excluding carboxylic acids is 1. The summed E-state index contributed by atoms with van der Waals surface area (Å²) in [6.45, 7) is 3.90. The lowest BCUT2D eigenvalue weighted by Crippen LogP contribution is -2.59. The molecule has 0 aliphatic carbocycles. The number of ether oxygens (including phenoxy) is 4. The van der Waals surface area contributed by atoms with E-state index < -0.39 is 49.4 Å². The second-order valence-electron chi connectivity index (χ2n) is 7.69. The van der Waals surface area contributed by atoms with Crippen LogP contribution in [-0.4, -0.2) is 89.6 Å². The van der Waals surface area contributed by atoms with Crippen LogP contribution in [0.3, 0.4) is 0 Å². The fraction of sp³-hybridized carbons (Fsp3) is 0.952. The maximum absolute atomic E-state index is 11.7. The molecule has 4 N–H and O–H groups in total. The number of esters is 1. The molecule has 178 valence electrons. The summed E-state index contributed by atoms with van der Waals surface area (Å²) >= 11 is 0. The largest absolute Gasteiger partial charge is 0.457 e. The van der Waals surface area contributed by atoms with Crippen molar-refractivity contribution in [3.63, 3.8) is 0 Å². The highest BCUT2D eigenvalue weighted by Gasteiger charge is 2.44. The second kappa shape index (κ2) is 15.9. The van der Waals surface area contributed by atoms with Gasteiger partial charge in [-0.2, -0.15) is 0 Å². The molecule has 0 radical (unpaired) electrons. The zero-order valence-electron chi connectivity index (χ0n) is 18.3. The molecule has 1 rings (SSSR count). The Morgan fingerprint density at radius 2 is 1.60 bits per heavy atom. The van der Waals surface area contributed by atoms with Crippen LogP contribution in [0.5, 0.6) is 0 Å². The standard InChI is InChI=1S/C21H40O9/c1-3-5-6-7-8-9-10-11-27-13-15(29-17(23)4-2)14-28-21-20(26)19(25)18(24)16(12-22)30-21/h15-16,18-22,24-26H,3-14H2,1-2H3. The molecule has 1 saturated heterocycles. The van der Waals surface area contributed by atoms with E-state index in [0.29, 0.717) is 6.61 Å². The zero-order valence-corrected chi connectivity index (χ0v) is 18.3. The monoisotopic (exact) mass is 436 g/mol. The third-order valence-corrected chi connectivity index (χ3v) is 5.08. The van der Waals surface area contributed by atoms with Crippen molar-refractivity contribution in [3.8, 4) is 0 Å². The van der Waals surface area contributed by atoms with E-state index in [1.54, 1.807) is 6.92 Å². The molecule has 0 bridgehead atoms. The summed E-state index contributed by atoms with van der Waals surface area (Å²) in [5.74, 6) is -0.406. The first kappa shape index (κ1) is 27.2. The number of unbranched alkanes of at least 4 members (excludes halogenated alkanes) is 6. The van der Waals surface area contributed by atoms with Crippen LogP contribution in [0.25, 0.3) is 0 Å². The lowest BCUT2D eigenvalue weighted by Gasteiger charge is -2.39. The molecule has 6 atom stereocenters. The Morgan fingerprint density at radius 1 is 0.933 bits per heavy atom. The van der Waals surface area contributed by atoms with Crippen LogP contribution in [0.2, 0.25) is 0 Å². The summed E-state index contributed by atoms with van der Waals surface area (Å²) in [5.41, 5.74) is 0. The number of rotatable bonds is 16. The average Bonchev–Trinajstić information content (AvgIpc) is 2.75. The van der Waals surface area contributed by atoms with Gasteiger partial charge in [-0.1, -0.05) is 52.4 Å². The lowest BCUT2D eigenvalue weighted by atomic mass is 9.99. The van der Waals surface area contributed by atoms with Crippen LogP contribution in [0.15, 0.2) is 0 Å². The minimum absolute atomic E-state index is 0.120. The first-order valence-corrected chi connectivity index (χ1v) is 11.1. The molecule has 9 heteroatoms. The van der Waals surface area contributed by atoms with Gasteiger partial charge in [-0.25, -0.2) is 0 Å². The first-order chi connectivity index (χ1) is 14.4. The molecule has 0 amide bonds. The number of hydrogen-bond donors (Lipinski definition) is 4. The highest BCUT2D eigenvalue weighted by atomic mass is 16.7. The van der Waals surface area contributed by atoms with E-state index in [1.807, 2.05) is 0 Å². The van der Waals surface area contributed by atoms with Crippen molar-refractivity contribution in [2.24, 2.45) is 0 Å². The summed E-state index contributed by atoms with van der Waals surface area (Å²) in [6.07, 6.45) is 0.888. The molecule has 0 aromatic carbocycles. The van der Waals surface area contributed by atoms with Crippen molar-refractivity contribution < 1.29 is 44.2 Å². The molecule has 6 unspecified atom stereocenters. The summed E-state index contributed by atoms with van der Waals surface area (Å²) in [4.78, 5) is 11.7. The van der Waals surface area contributed by atoms with Gasteiger partial charge in [-0.3, -0.25) is 4.79 Å². The van der Waals surface area contributed by atoms with E-state index in [0.717, 1.165) is 12.8 Å². The average molecular weight is 437 g/mol. The van der Waals surface area contributed by atoms with Gasteiger partial charge in [0.05, 0.1) is 19.8 Å². The van der Waals surface area contributed by atoms with Gasteiger partial charge in [0.25, 0.3) is 0 Å². The Balaban J connectivity index is 2.38. The fourth-order valence-electron chi connectivity index (χ4n) is 3.17. The van der Waals surface area contributed by atoms with Crippen LogP contribution in [0, 0.1) is 0 Å². The third-order valence-electron chi connectivity index (χ3n) is 5.08. The summed E-state index contributed by atoms with van der Waals surface area (Å²) < 4.78 is 21.7. The zero-order chi connectivity index (χ0) is 22.4. The summed E-state index contributed by atoms with van der Waals surface area (Å²) in [7, 11) is 0. The van der Waals surface area contributed by atoms with Crippen molar-refractivity contribution in [3.05, 3.63) is 0 Å². The quantitative estimate of drug-likeness (QED) is 0.205. The number of carbonyl (C=O) groups is 1. The maximum Gasteiger partial charge on any atom is 0.305 e. The molecule has 0 aromatic heterocycles. The normalized spacial score (nSPS) is 27.7. The van der Waals surface area contributed by atoms with E-state index in [2.05, 4.69) is 6.92 Å². The molecule has 0 aromatic rings. The van der Waals surface area contributed by atoms with Crippen molar-refractivity contribution in [2.75, 3.05) is 26.4 Å². The second-order valence-corrected chi connectivity index (χ2v) is 7.69. The Morgan fingerprint density at radius 3 is 2.23 bits per heavy atom. The van der Waals surface area contributed by atoms with E-state index in [9.17, 15) is 25.2 Å². The van der Waals surface area contributed by atoms with Gasteiger partial charge < -0.3 is 39.4 Å². The van der Waals surface area contributed by atoms with E-state index in [4.69, 9.17) is 18.9 Å². The molecule has 9 nitrogen and oxygen atoms in total. The minimum atomic E-state index is -1.52. The van der Waals surface area contributed by atoms with Crippen molar-refractivity contribution in [1.29, 1.82) is 0 Å². The molecule has 30 heavy (non-hydrogen) atoms. The van der Waals surface area contributed by atoms with Gasteiger partial charge in [0.15, 0.2) is 6.29 Å². The van der Waals surface area contributed by atoms with Crippen LogP contribution in [-0.2, 0) is 23.7 Å². The number of aliphatic hydroxyl groups is 4. The Hall–Kier alpha value is -0.810. The van der Waals surface area contributed by atoms with E-state index in [-0.39, 0.29) is 19.6 Å². The van der Waals surface area contributed by atoms with Crippen LogP contribution in [0.1, 0.15) is 65.2 Å². The highest BCUT2D eigenvalue weighted by molar-refractivity contribution is 5.69. The third kappa shape index (κ3) is 10.00. The molecule has 0 spiro atoms. The molecular formula is C21H40O9.